The van der Waals surface area contributed by atoms with Gasteiger partial charge in [0.05, 0.1) is 18.7 Å². The van der Waals surface area contributed by atoms with Crippen LogP contribution in [0.4, 0.5) is 29.3 Å². The number of amides is 3. The number of halogens is 3. The van der Waals surface area contributed by atoms with Crippen molar-refractivity contribution >= 4 is 34.6 Å². The summed E-state index contributed by atoms with van der Waals surface area (Å²) < 4.78 is 44.5. The standard InChI is InChI=1S/C28H32F3N5O3S/c1-3-20-7-4-5-10-23(20)33-27(38)36(15-16-39-2)18-25-32-24(19-40-25)26(37)35-13-11-34(12-14-35)22-9-6-8-21(17-22)28(29,30)31/h4-10,17,19H,3,11-16,18H2,1-2H3,(H,33,38). The number of nitrogens with one attached hydrogen (secondary N) is 1. The second kappa shape index (κ2) is 13.1. The van der Waals surface area contributed by atoms with E-state index >= 15 is 0 Å². The van der Waals surface area contributed by atoms with Crippen molar-refractivity contribution in [2.24, 2.45) is 0 Å². The maximum absolute atomic E-state index is 13.1. The predicted molar refractivity (Wildman–Crippen MR) is 149 cm³/mol. The van der Waals surface area contributed by atoms with E-state index in [0.717, 1.165) is 29.8 Å². The lowest BCUT2D eigenvalue weighted by Gasteiger charge is -2.36. The van der Waals surface area contributed by atoms with Gasteiger partial charge in [-0.3, -0.25) is 4.79 Å². The van der Waals surface area contributed by atoms with Crippen LogP contribution in [0.25, 0.3) is 0 Å². The Morgan fingerprint density at radius 2 is 1.85 bits per heavy atom. The van der Waals surface area contributed by atoms with Crippen LogP contribution < -0.4 is 10.2 Å². The van der Waals surface area contributed by atoms with E-state index < -0.39 is 11.7 Å². The number of para-hydroxylation sites is 1. The Hall–Kier alpha value is -3.64. The average molecular weight is 576 g/mol. The van der Waals surface area contributed by atoms with Crippen molar-refractivity contribution in [2.45, 2.75) is 26.1 Å². The molecule has 3 amide bonds. The van der Waals surface area contributed by atoms with Crippen LogP contribution in [0.5, 0.6) is 0 Å². The largest absolute Gasteiger partial charge is 0.416 e. The first-order valence-corrected chi connectivity index (χ1v) is 13.9. The van der Waals surface area contributed by atoms with Crippen LogP contribution in [0.2, 0.25) is 0 Å². The van der Waals surface area contributed by atoms with Gasteiger partial charge in [-0.05, 0) is 36.2 Å². The Bertz CT molecular complexity index is 1310. The fourth-order valence-electron chi connectivity index (χ4n) is 4.45. The number of nitrogens with zero attached hydrogens (tertiary/aromatic N) is 4. The molecule has 2 aromatic carbocycles. The number of rotatable bonds is 9. The minimum atomic E-state index is -4.41. The van der Waals surface area contributed by atoms with Gasteiger partial charge in [-0.25, -0.2) is 9.78 Å². The van der Waals surface area contributed by atoms with Crippen LogP contribution in [0.15, 0.2) is 53.9 Å². The summed E-state index contributed by atoms with van der Waals surface area (Å²) in [4.78, 5) is 35.8. The second-order valence-electron chi connectivity index (χ2n) is 9.31. The third-order valence-corrected chi connectivity index (χ3v) is 7.53. The number of aryl methyl sites for hydroxylation is 1. The summed E-state index contributed by atoms with van der Waals surface area (Å²) in [6, 6.07) is 12.6. The molecule has 214 valence electrons. The summed E-state index contributed by atoms with van der Waals surface area (Å²) in [6.07, 6.45) is -3.63. The maximum atomic E-state index is 13.1. The van der Waals surface area contributed by atoms with Gasteiger partial charge in [-0.15, -0.1) is 11.3 Å². The lowest BCUT2D eigenvalue weighted by molar-refractivity contribution is -0.137. The molecule has 1 fully saturated rings. The highest BCUT2D eigenvalue weighted by atomic mass is 32.1. The number of ether oxygens (including phenoxy) is 1. The summed E-state index contributed by atoms with van der Waals surface area (Å²) in [7, 11) is 1.56. The molecule has 0 saturated carbocycles. The number of benzene rings is 2. The summed E-state index contributed by atoms with van der Waals surface area (Å²) >= 11 is 1.30. The molecule has 4 rings (SSSR count). The SMILES string of the molecule is CCc1ccccc1NC(=O)N(CCOC)Cc1nc(C(=O)N2CCN(c3cccc(C(F)(F)F)c3)CC2)cs1. The van der Waals surface area contributed by atoms with Crippen molar-refractivity contribution < 1.29 is 27.5 Å². The van der Waals surface area contributed by atoms with Crippen LogP contribution >= 0.6 is 11.3 Å². The summed E-state index contributed by atoms with van der Waals surface area (Å²) in [5.41, 5.74) is 1.85. The molecule has 1 aliphatic heterocycles. The minimum Gasteiger partial charge on any atom is -0.383 e. The van der Waals surface area contributed by atoms with Crippen molar-refractivity contribution in [3.8, 4) is 0 Å². The maximum Gasteiger partial charge on any atom is 0.416 e. The van der Waals surface area contributed by atoms with Gasteiger partial charge in [0.2, 0.25) is 0 Å². The van der Waals surface area contributed by atoms with Crippen molar-refractivity contribution in [1.29, 1.82) is 0 Å². The topological polar surface area (TPSA) is 78.0 Å². The number of alkyl halides is 3. The zero-order valence-corrected chi connectivity index (χ0v) is 23.2. The summed E-state index contributed by atoms with van der Waals surface area (Å²) in [5.74, 6) is -0.240. The number of piperazine rings is 1. The molecule has 1 N–H and O–H groups in total. The van der Waals surface area contributed by atoms with Crippen molar-refractivity contribution in [3.05, 3.63) is 75.7 Å². The molecular weight excluding hydrogens is 543 g/mol. The monoisotopic (exact) mass is 575 g/mol. The molecule has 0 atom stereocenters. The van der Waals surface area contributed by atoms with Crippen molar-refractivity contribution in [1.82, 2.24) is 14.8 Å². The smallest absolute Gasteiger partial charge is 0.383 e. The lowest BCUT2D eigenvalue weighted by Crippen LogP contribution is -2.49. The Kier molecular flexibility index (Phi) is 9.64. The summed E-state index contributed by atoms with van der Waals surface area (Å²) in [6.45, 7) is 4.47. The fraction of sp³-hybridized carbons (Fsp3) is 0.393. The number of carbonyl (C=O) groups excluding carboxylic acids is 2. The molecule has 2 heterocycles. The van der Waals surface area contributed by atoms with Gasteiger partial charge < -0.3 is 24.8 Å². The summed E-state index contributed by atoms with van der Waals surface area (Å²) in [5, 5.41) is 5.26. The fourth-order valence-corrected chi connectivity index (χ4v) is 5.24. The van der Waals surface area contributed by atoms with E-state index in [9.17, 15) is 22.8 Å². The molecule has 1 aromatic heterocycles. The van der Waals surface area contributed by atoms with Gasteiger partial charge in [0, 0.05) is 56.6 Å². The molecule has 3 aromatic rings. The van der Waals surface area contributed by atoms with Gasteiger partial charge in [0.25, 0.3) is 5.91 Å². The lowest BCUT2D eigenvalue weighted by atomic mass is 10.1. The van der Waals surface area contributed by atoms with Crippen LogP contribution in [-0.4, -0.2) is 73.2 Å². The quantitative estimate of drug-likeness (QED) is 0.372. The average Bonchev–Trinajstić information content (AvgIpc) is 3.43. The van der Waals surface area contributed by atoms with Gasteiger partial charge in [-0.1, -0.05) is 31.2 Å². The molecule has 40 heavy (non-hydrogen) atoms. The molecule has 0 bridgehead atoms. The zero-order chi connectivity index (χ0) is 28.7. The van der Waals surface area contributed by atoms with Crippen LogP contribution in [-0.2, 0) is 23.9 Å². The Labute approximate surface area is 235 Å². The van der Waals surface area contributed by atoms with E-state index in [1.165, 1.54) is 17.4 Å². The number of hydrogen-bond acceptors (Lipinski definition) is 6. The highest BCUT2D eigenvalue weighted by molar-refractivity contribution is 7.09. The molecule has 0 unspecified atom stereocenters. The van der Waals surface area contributed by atoms with E-state index in [4.69, 9.17) is 4.74 Å². The molecule has 8 nitrogen and oxygen atoms in total. The minimum absolute atomic E-state index is 0.213. The van der Waals surface area contributed by atoms with Crippen molar-refractivity contribution in [2.75, 3.05) is 56.7 Å². The number of anilines is 2. The number of hydrogen-bond donors (Lipinski definition) is 1. The molecule has 0 spiro atoms. The number of thiazole rings is 1. The van der Waals surface area contributed by atoms with E-state index in [2.05, 4.69) is 10.3 Å². The Morgan fingerprint density at radius 1 is 1.10 bits per heavy atom. The second-order valence-corrected chi connectivity index (χ2v) is 10.3. The van der Waals surface area contributed by atoms with E-state index in [0.29, 0.717) is 50.0 Å². The zero-order valence-electron chi connectivity index (χ0n) is 22.4. The van der Waals surface area contributed by atoms with E-state index in [1.807, 2.05) is 36.1 Å². The van der Waals surface area contributed by atoms with Crippen LogP contribution in [0, 0.1) is 0 Å². The third-order valence-electron chi connectivity index (χ3n) is 6.69. The van der Waals surface area contributed by atoms with Crippen LogP contribution in [0.3, 0.4) is 0 Å². The molecule has 0 radical (unpaired) electrons. The molecule has 0 aliphatic carbocycles. The molecule has 1 aliphatic rings. The molecule has 1 saturated heterocycles. The highest BCUT2D eigenvalue weighted by Crippen LogP contribution is 2.32. The Morgan fingerprint density at radius 3 is 2.55 bits per heavy atom. The third kappa shape index (κ3) is 7.30. The highest BCUT2D eigenvalue weighted by Gasteiger charge is 2.31. The van der Waals surface area contributed by atoms with Gasteiger partial charge in [0.1, 0.15) is 10.7 Å². The normalized spacial score (nSPS) is 13.8. The number of urea groups is 1. The van der Waals surface area contributed by atoms with E-state index in [1.54, 1.807) is 28.4 Å². The predicted octanol–water partition coefficient (Wildman–Crippen LogP) is 5.37. The number of carbonyl (C=O) groups is 2. The van der Waals surface area contributed by atoms with Gasteiger partial charge in [-0.2, -0.15) is 13.2 Å². The van der Waals surface area contributed by atoms with Gasteiger partial charge >= 0.3 is 12.2 Å². The molecule has 12 heteroatoms. The first kappa shape index (κ1) is 29.3. The van der Waals surface area contributed by atoms with E-state index in [-0.39, 0.29) is 24.2 Å². The van der Waals surface area contributed by atoms with Crippen molar-refractivity contribution in [3.63, 3.8) is 0 Å². The van der Waals surface area contributed by atoms with Gasteiger partial charge in [0.15, 0.2) is 0 Å². The Balaban J connectivity index is 1.37. The molecular formula is C28H32F3N5O3S. The number of aromatic nitrogens is 1. The first-order chi connectivity index (χ1) is 19.2. The first-order valence-electron chi connectivity index (χ1n) is 13.0. The number of methoxy groups -OCH3 is 1. The van der Waals surface area contributed by atoms with Crippen LogP contribution in [0.1, 0.15) is 33.5 Å².